The molecule has 2 aliphatic heterocycles. The number of hydrogen-bond donors (Lipinski definition) is 0. The number of halogens is 3. The van der Waals surface area contributed by atoms with Crippen LogP contribution in [0.25, 0.3) is 0 Å². The minimum absolute atomic E-state index is 0.0340. The largest absolute Gasteiger partial charge is 0.406 e. The molecule has 0 aliphatic carbocycles. The SMILES string of the molecule is O=C1CN2CC=CC=C2N1CC(F)(F)F. The van der Waals surface area contributed by atoms with E-state index in [1.165, 1.54) is 6.08 Å². The topological polar surface area (TPSA) is 23.6 Å². The summed E-state index contributed by atoms with van der Waals surface area (Å²) in [6.45, 7) is -0.680. The lowest BCUT2D eigenvalue weighted by atomic mass is 10.3. The van der Waals surface area contributed by atoms with Crippen molar-refractivity contribution in [2.45, 2.75) is 6.18 Å². The summed E-state index contributed by atoms with van der Waals surface area (Å²) >= 11 is 0. The van der Waals surface area contributed by atoms with Gasteiger partial charge in [-0.3, -0.25) is 9.69 Å². The highest BCUT2D eigenvalue weighted by Crippen LogP contribution is 2.26. The maximum absolute atomic E-state index is 12.2. The molecular weight excluding hydrogens is 209 g/mol. The molecule has 0 N–H and O–H groups in total. The summed E-state index contributed by atoms with van der Waals surface area (Å²) in [7, 11) is 0. The van der Waals surface area contributed by atoms with E-state index in [9.17, 15) is 18.0 Å². The smallest absolute Gasteiger partial charge is 0.345 e. The monoisotopic (exact) mass is 218 g/mol. The van der Waals surface area contributed by atoms with Crippen molar-refractivity contribution in [1.29, 1.82) is 0 Å². The third-order valence-corrected chi connectivity index (χ3v) is 2.27. The van der Waals surface area contributed by atoms with Gasteiger partial charge in [-0.15, -0.1) is 0 Å². The highest BCUT2D eigenvalue weighted by atomic mass is 19.4. The summed E-state index contributed by atoms with van der Waals surface area (Å²) in [5, 5.41) is 0. The molecular formula is C9H9F3N2O. The van der Waals surface area contributed by atoms with Gasteiger partial charge in [-0.25, -0.2) is 0 Å². The van der Waals surface area contributed by atoms with Crippen LogP contribution in [0.2, 0.25) is 0 Å². The molecule has 2 rings (SSSR count). The predicted octanol–water partition coefficient (Wildman–Crippen LogP) is 1.10. The summed E-state index contributed by atoms with van der Waals surface area (Å²) < 4.78 is 36.5. The van der Waals surface area contributed by atoms with Crippen molar-refractivity contribution < 1.29 is 18.0 Å². The molecule has 1 saturated heterocycles. The van der Waals surface area contributed by atoms with Crippen LogP contribution in [0.5, 0.6) is 0 Å². The molecule has 0 aromatic heterocycles. The molecule has 15 heavy (non-hydrogen) atoms. The van der Waals surface area contributed by atoms with Gasteiger partial charge in [0.1, 0.15) is 12.4 Å². The van der Waals surface area contributed by atoms with E-state index in [1.807, 2.05) is 0 Å². The second-order valence-corrected chi connectivity index (χ2v) is 3.43. The molecule has 6 heteroatoms. The number of carbonyl (C=O) groups excluding carboxylic acids is 1. The molecule has 2 heterocycles. The third-order valence-electron chi connectivity index (χ3n) is 2.27. The minimum Gasteiger partial charge on any atom is -0.345 e. The van der Waals surface area contributed by atoms with Crippen LogP contribution >= 0.6 is 0 Å². The molecule has 0 atom stereocenters. The van der Waals surface area contributed by atoms with Crippen molar-refractivity contribution in [2.24, 2.45) is 0 Å². The number of carbonyl (C=O) groups is 1. The lowest BCUT2D eigenvalue weighted by Crippen LogP contribution is -2.35. The highest BCUT2D eigenvalue weighted by molar-refractivity contribution is 5.83. The molecule has 0 unspecified atom stereocenters. The summed E-state index contributed by atoms with van der Waals surface area (Å²) in [6.07, 6.45) is 0.634. The number of fused-ring (bicyclic) bond motifs is 1. The van der Waals surface area contributed by atoms with E-state index in [0.717, 1.165) is 4.90 Å². The fraction of sp³-hybridized carbons (Fsp3) is 0.444. The maximum Gasteiger partial charge on any atom is 0.406 e. The second kappa shape index (κ2) is 3.29. The van der Waals surface area contributed by atoms with Crippen molar-refractivity contribution in [2.75, 3.05) is 19.6 Å². The van der Waals surface area contributed by atoms with Gasteiger partial charge in [0.25, 0.3) is 0 Å². The first-order valence-electron chi connectivity index (χ1n) is 4.46. The van der Waals surface area contributed by atoms with E-state index >= 15 is 0 Å². The molecule has 82 valence electrons. The van der Waals surface area contributed by atoms with Gasteiger partial charge in [-0.05, 0) is 6.08 Å². The quantitative estimate of drug-likeness (QED) is 0.658. The standard InChI is InChI=1S/C9H9F3N2O/c10-9(11,12)6-14-7-3-1-2-4-13(7)5-8(14)15/h1-3H,4-6H2. The number of allylic oxidation sites excluding steroid dienone is 2. The van der Waals surface area contributed by atoms with Crippen LogP contribution in [0.15, 0.2) is 24.0 Å². The number of nitrogens with zero attached hydrogens (tertiary/aromatic N) is 2. The van der Waals surface area contributed by atoms with Crippen LogP contribution in [0.1, 0.15) is 0 Å². The molecule has 2 aliphatic rings. The van der Waals surface area contributed by atoms with Crippen LogP contribution in [-0.4, -0.2) is 41.5 Å². The van der Waals surface area contributed by atoms with Crippen LogP contribution in [0, 0.1) is 0 Å². The number of hydrogen-bond acceptors (Lipinski definition) is 2. The third kappa shape index (κ3) is 1.98. The zero-order chi connectivity index (χ0) is 11.1. The predicted molar refractivity (Wildman–Crippen MR) is 46.6 cm³/mol. The van der Waals surface area contributed by atoms with Gasteiger partial charge in [-0.1, -0.05) is 12.2 Å². The molecule has 0 spiro atoms. The lowest BCUT2D eigenvalue weighted by molar-refractivity contribution is -0.154. The fourth-order valence-electron chi connectivity index (χ4n) is 1.67. The van der Waals surface area contributed by atoms with Crippen LogP contribution in [0.3, 0.4) is 0 Å². The number of rotatable bonds is 1. The Morgan fingerprint density at radius 3 is 2.80 bits per heavy atom. The van der Waals surface area contributed by atoms with Crippen LogP contribution in [0.4, 0.5) is 13.2 Å². The van der Waals surface area contributed by atoms with Gasteiger partial charge in [0.05, 0.1) is 6.54 Å². The first kappa shape index (κ1) is 10.1. The maximum atomic E-state index is 12.2. The normalized spacial score (nSPS) is 20.7. The van der Waals surface area contributed by atoms with Gasteiger partial charge in [0.2, 0.25) is 5.91 Å². The van der Waals surface area contributed by atoms with Crippen LogP contribution < -0.4 is 0 Å². The van der Waals surface area contributed by atoms with E-state index in [1.54, 1.807) is 17.1 Å². The van der Waals surface area contributed by atoms with Gasteiger partial charge < -0.3 is 4.90 Å². The van der Waals surface area contributed by atoms with Gasteiger partial charge in [0, 0.05) is 6.54 Å². The van der Waals surface area contributed by atoms with Crippen molar-refractivity contribution in [1.82, 2.24) is 9.80 Å². The molecule has 1 amide bonds. The Labute approximate surface area is 84.4 Å². The average molecular weight is 218 g/mol. The van der Waals surface area contributed by atoms with Crippen molar-refractivity contribution in [3.8, 4) is 0 Å². The Morgan fingerprint density at radius 2 is 2.13 bits per heavy atom. The van der Waals surface area contributed by atoms with E-state index in [0.29, 0.717) is 12.4 Å². The van der Waals surface area contributed by atoms with E-state index in [-0.39, 0.29) is 6.54 Å². The Bertz CT molecular complexity index is 346. The van der Waals surface area contributed by atoms with Gasteiger partial charge in [0.15, 0.2) is 0 Å². The summed E-state index contributed by atoms with van der Waals surface area (Å²) in [5.74, 6) is -0.151. The van der Waals surface area contributed by atoms with E-state index in [2.05, 4.69) is 0 Å². The molecule has 0 radical (unpaired) electrons. The molecule has 0 aromatic rings. The van der Waals surface area contributed by atoms with Gasteiger partial charge >= 0.3 is 6.18 Å². The zero-order valence-corrected chi connectivity index (χ0v) is 7.79. The minimum atomic E-state index is -4.35. The molecule has 0 aromatic carbocycles. The van der Waals surface area contributed by atoms with Crippen molar-refractivity contribution in [3.63, 3.8) is 0 Å². The Morgan fingerprint density at radius 1 is 1.40 bits per heavy atom. The fourth-order valence-corrected chi connectivity index (χ4v) is 1.67. The second-order valence-electron chi connectivity index (χ2n) is 3.43. The average Bonchev–Trinajstić information content (AvgIpc) is 2.41. The first-order valence-corrected chi connectivity index (χ1v) is 4.46. The molecule has 0 saturated carbocycles. The Hall–Kier alpha value is -1.46. The highest BCUT2D eigenvalue weighted by Gasteiger charge is 2.40. The zero-order valence-electron chi connectivity index (χ0n) is 7.79. The lowest BCUT2D eigenvalue weighted by Gasteiger charge is -2.24. The number of amides is 1. The molecule has 1 fully saturated rings. The van der Waals surface area contributed by atoms with E-state index < -0.39 is 18.6 Å². The van der Waals surface area contributed by atoms with Gasteiger partial charge in [-0.2, -0.15) is 13.2 Å². The van der Waals surface area contributed by atoms with Crippen molar-refractivity contribution in [3.05, 3.63) is 24.0 Å². The summed E-state index contributed by atoms with van der Waals surface area (Å²) in [6, 6.07) is 0. The molecule has 0 bridgehead atoms. The van der Waals surface area contributed by atoms with Crippen LogP contribution in [-0.2, 0) is 4.79 Å². The Balaban J connectivity index is 2.19. The Kier molecular flexibility index (Phi) is 2.21. The first-order chi connectivity index (χ1) is 6.97. The summed E-state index contributed by atoms with van der Waals surface area (Å²) in [5.41, 5.74) is 0. The molecule has 3 nitrogen and oxygen atoms in total. The van der Waals surface area contributed by atoms with Crippen molar-refractivity contribution >= 4 is 5.91 Å². The number of alkyl halides is 3. The van der Waals surface area contributed by atoms with E-state index in [4.69, 9.17) is 0 Å². The summed E-state index contributed by atoms with van der Waals surface area (Å²) in [4.78, 5) is 13.7.